The van der Waals surface area contributed by atoms with Crippen molar-refractivity contribution in [3.8, 4) is 11.5 Å². The summed E-state index contributed by atoms with van der Waals surface area (Å²) < 4.78 is 44.0. The lowest BCUT2D eigenvalue weighted by molar-refractivity contribution is -0.152. The highest BCUT2D eigenvalue weighted by atomic mass is 32.2. The first kappa shape index (κ1) is 26.2. The van der Waals surface area contributed by atoms with Crippen LogP contribution in [0.5, 0.6) is 11.5 Å². The molecule has 2 aromatic carbocycles. The van der Waals surface area contributed by atoms with Gasteiger partial charge in [0.2, 0.25) is 10.0 Å². The molecule has 0 saturated carbocycles. The molecule has 9 nitrogen and oxygen atoms in total. The highest BCUT2D eigenvalue weighted by Crippen LogP contribution is 2.46. The van der Waals surface area contributed by atoms with Crippen LogP contribution in [0.4, 0.5) is 5.69 Å². The van der Waals surface area contributed by atoms with E-state index in [1.807, 2.05) is 30.1 Å². The van der Waals surface area contributed by atoms with Gasteiger partial charge < -0.3 is 19.1 Å². The lowest BCUT2D eigenvalue weighted by Crippen LogP contribution is -2.40. The molecule has 0 radical (unpaired) electrons. The van der Waals surface area contributed by atoms with Crippen molar-refractivity contribution in [2.75, 3.05) is 44.9 Å². The third kappa shape index (κ3) is 4.78. The van der Waals surface area contributed by atoms with Crippen molar-refractivity contribution in [1.82, 2.24) is 4.31 Å². The van der Waals surface area contributed by atoms with Gasteiger partial charge in [-0.25, -0.2) is 8.42 Å². The van der Waals surface area contributed by atoms with Crippen LogP contribution in [0.1, 0.15) is 32.3 Å². The van der Waals surface area contributed by atoms with Gasteiger partial charge in [-0.3, -0.25) is 9.59 Å². The number of benzene rings is 2. The Morgan fingerprint density at radius 1 is 1.05 bits per heavy atom. The van der Waals surface area contributed by atoms with Gasteiger partial charge in [0.05, 0.1) is 10.8 Å². The Hall–Kier alpha value is -3.37. The van der Waals surface area contributed by atoms with Crippen LogP contribution in [0.25, 0.3) is 0 Å². The topological polar surface area (TPSA) is 102 Å². The molecule has 3 aliphatic heterocycles. The molecular formula is C28H32N2O7S. The SMILES string of the molecule is CN1/C(=C\C(=O)COC(=O)C2CCN(S(=O)(=O)c3ccc4c(c3)OCCO4)CC2)C(C)(C)c2ccccc21. The summed E-state index contributed by atoms with van der Waals surface area (Å²) in [4.78, 5) is 27.5. The van der Waals surface area contributed by atoms with Gasteiger partial charge in [-0.2, -0.15) is 4.31 Å². The number of rotatable bonds is 6. The summed E-state index contributed by atoms with van der Waals surface area (Å²) in [5.74, 6) is -0.298. The molecule has 0 N–H and O–H groups in total. The average Bonchev–Trinajstić information content (AvgIpc) is 3.12. The molecule has 202 valence electrons. The first-order chi connectivity index (χ1) is 18.1. The molecule has 0 aromatic heterocycles. The summed E-state index contributed by atoms with van der Waals surface area (Å²) in [6.45, 7) is 4.94. The van der Waals surface area contributed by atoms with Gasteiger partial charge in [-0.15, -0.1) is 0 Å². The maximum Gasteiger partial charge on any atom is 0.309 e. The van der Waals surface area contributed by atoms with E-state index in [-0.39, 0.29) is 35.8 Å². The van der Waals surface area contributed by atoms with Crippen LogP contribution in [0.15, 0.2) is 59.1 Å². The second-order valence-corrected chi connectivity index (χ2v) is 12.2. The number of carbonyl (C=O) groups excluding carboxylic acids is 2. The Morgan fingerprint density at radius 2 is 1.74 bits per heavy atom. The minimum Gasteiger partial charge on any atom is -0.486 e. The maximum atomic E-state index is 13.1. The third-order valence-electron chi connectivity index (χ3n) is 7.53. The third-order valence-corrected chi connectivity index (χ3v) is 9.43. The smallest absolute Gasteiger partial charge is 0.309 e. The Morgan fingerprint density at radius 3 is 2.45 bits per heavy atom. The van der Waals surface area contributed by atoms with Crippen molar-refractivity contribution < 1.29 is 32.2 Å². The molecule has 0 spiro atoms. The molecule has 2 aromatic rings. The molecule has 5 rings (SSSR count). The number of hydrogen-bond donors (Lipinski definition) is 0. The predicted molar refractivity (Wildman–Crippen MR) is 141 cm³/mol. The summed E-state index contributed by atoms with van der Waals surface area (Å²) in [7, 11) is -1.82. The number of nitrogens with zero attached hydrogens (tertiary/aromatic N) is 2. The fourth-order valence-corrected chi connectivity index (χ4v) is 6.86. The fourth-order valence-electron chi connectivity index (χ4n) is 5.38. The summed E-state index contributed by atoms with van der Waals surface area (Å²) in [5, 5.41) is 0. The molecule has 38 heavy (non-hydrogen) atoms. The zero-order valence-electron chi connectivity index (χ0n) is 21.8. The van der Waals surface area contributed by atoms with Gasteiger partial charge in [0, 0.05) is 49.1 Å². The molecule has 10 heteroatoms. The molecule has 0 amide bonds. The number of para-hydroxylation sites is 1. The molecule has 1 saturated heterocycles. The van der Waals surface area contributed by atoms with E-state index < -0.39 is 21.9 Å². The second kappa shape index (κ2) is 10.1. The minimum atomic E-state index is -3.74. The van der Waals surface area contributed by atoms with Gasteiger partial charge in [0.25, 0.3) is 0 Å². The number of allylic oxidation sites excluding steroid dienone is 1. The second-order valence-electron chi connectivity index (χ2n) is 10.3. The monoisotopic (exact) mass is 540 g/mol. The number of sulfonamides is 1. The average molecular weight is 541 g/mol. The molecule has 0 aliphatic carbocycles. The molecule has 0 atom stereocenters. The van der Waals surface area contributed by atoms with E-state index in [1.54, 1.807) is 12.1 Å². The lowest BCUT2D eigenvalue weighted by Gasteiger charge is -2.30. The first-order valence-electron chi connectivity index (χ1n) is 12.7. The van der Waals surface area contributed by atoms with Crippen molar-refractivity contribution in [1.29, 1.82) is 0 Å². The lowest BCUT2D eigenvalue weighted by atomic mass is 9.83. The largest absolute Gasteiger partial charge is 0.486 e. The highest BCUT2D eigenvalue weighted by molar-refractivity contribution is 7.89. The minimum absolute atomic E-state index is 0.128. The van der Waals surface area contributed by atoms with Crippen LogP contribution in [-0.2, 0) is 29.8 Å². The molecule has 0 bridgehead atoms. The zero-order chi connectivity index (χ0) is 27.1. The predicted octanol–water partition coefficient (Wildman–Crippen LogP) is 3.28. The van der Waals surface area contributed by atoms with Gasteiger partial charge in [0.15, 0.2) is 23.9 Å². The van der Waals surface area contributed by atoms with Crippen molar-refractivity contribution in [2.24, 2.45) is 5.92 Å². The highest BCUT2D eigenvalue weighted by Gasteiger charge is 2.39. The van der Waals surface area contributed by atoms with Crippen molar-refractivity contribution in [2.45, 2.75) is 37.0 Å². The van der Waals surface area contributed by atoms with Crippen LogP contribution in [0.2, 0.25) is 0 Å². The Kier molecular flexibility index (Phi) is 6.96. The molecular weight excluding hydrogens is 508 g/mol. The Balaban J connectivity index is 1.16. The number of fused-ring (bicyclic) bond motifs is 2. The Bertz CT molecular complexity index is 1390. The van der Waals surface area contributed by atoms with Gasteiger partial charge in [-0.05, 0) is 36.6 Å². The zero-order valence-corrected chi connectivity index (χ0v) is 22.6. The van der Waals surface area contributed by atoms with Crippen LogP contribution in [-0.4, -0.2) is 64.4 Å². The van der Waals surface area contributed by atoms with Crippen LogP contribution in [0.3, 0.4) is 0 Å². The fraction of sp³-hybridized carbons (Fsp3) is 0.429. The van der Waals surface area contributed by atoms with Crippen LogP contribution >= 0.6 is 0 Å². The molecule has 0 unspecified atom stereocenters. The van der Waals surface area contributed by atoms with E-state index in [9.17, 15) is 18.0 Å². The molecule has 1 fully saturated rings. The van der Waals surface area contributed by atoms with E-state index >= 15 is 0 Å². The van der Waals surface area contributed by atoms with E-state index in [1.165, 1.54) is 16.4 Å². The van der Waals surface area contributed by atoms with Crippen molar-refractivity contribution in [3.05, 3.63) is 59.8 Å². The van der Waals surface area contributed by atoms with E-state index in [4.69, 9.17) is 14.2 Å². The number of piperidine rings is 1. The maximum absolute atomic E-state index is 13.1. The van der Waals surface area contributed by atoms with Crippen LogP contribution in [0, 0.1) is 5.92 Å². The number of ketones is 1. The van der Waals surface area contributed by atoms with Crippen molar-refractivity contribution in [3.63, 3.8) is 0 Å². The van der Waals surface area contributed by atoms with Crippen molar-refractivity contribution >= 4 is 27.5 Å². The van der Waals surface area contributed by atoms with Gasteiger partial charge in [-0.1, -0.05) is 32.0 Å². The number of hydrogen-bond acceptors (Lipinski definition) is 8. The first-order valence-corrected chi connectivity index (χ1v) is 14.2. The standard InChI is InChI=1S/C28H32N2O7S/c1-28(2)22-6-4-5-7-23(22)29(3)26(28)16-20(31)18-37-27(32)19-10-12-30(13-11-19)38(33,34)21-8-9-24-25(17-21)36-15-14-35-24/h4-9,16-17,19H,10-15,18H2,1-3H3/b26-16-. The summed E-state index contributed by atoms with van der Waals surface area (Å²) in [5.41, 5.74) is 2.68. The molecule has 3 heterocycles. The summed E-state index contributed by atoms with van der Waals surface area (Å²) in [6.07, 6.45) is 2.20. The number of esters is 1. The summed E-state index contributed by atoms with van der Waals surface area (Å²) in [6, 6.07) is 12.6. The number of likely N-dealkylation sites (N-methyl/N-ethyl adjacent to an activating group) is 1. The van der Waals surface area contributed by atoms with E-state index in [2.05, 4.69) is 19.9 Å². The number of carbonyl (C=O) groups is 2. The Labute approximate surface area is 223 Å². The quantitative estimate of drug-likeness (QED) is 0.406. The number of anilines is 1. The van der Waals surface area contributed by atoms with Gasteiger partial charge >= 0.3 is 5.97 Å². The normalized spacial score (nSPS) is 20.3. The summed E-state index contributed by atoms with van der Waals surface area (Å²) >= 11 is 0. The van der Waals surface area contributed by atoms with Gasteiger partial charge in [0.1, 0.15) is 13.2 Å². The van der Waals surface area contributed by atoms with E-state index in [0.717, 1.165) is 16.9 Å². The number of ether oxygens (including phenoxy) is 3. The van der Waals surface area contributed by atoms with Crippen LogP contribution < -0.4 is 14.4 Å². The van der Waals surface area contributed by atoms with E-state index in [0.29, 0.717) is 37.6 Å². The molecule has 3 aliphatic rings.